The van der Waals surface area contributed by atoms with Crippen molar-refractivity contribution < 1.29 is 19.1 Å². The van der Waals surface area contributed by atoms with Crippen molar-refractivity contribution in [2.45, 2.75) is 12.7 Å². The number of thioether (sulfide) groups is 1. The van der Waals surface area contributed by atoms with Crippen LogP contribution in [0.4, 0.5) is 5.00 Å². The van der Waals surface area contributed by atoms with E-state index in [2.05, 4.69) is 5.32 Å². The first-order valence-electron chi connectivity index (χ1n) is 5.74. The van der Waals surface area contributed by atoms with Crippen molar-refractivity contribution in [1.82, 2.24) is 0 Å². The second kappa shape index (κ2) is 6.15. The molecule has 0 atom stereocenters. The Labute approximate surface area is 124 Å². The van der Waals surface area contributed by atoms with E-state index in [9.17, 15) is 9.59 Å². The maximum absolute atomic E-state index is 12.0. The van der Waals surface area contributed by atoms with Crippen molar-refractivity contribution in [1.29, 1.82) is 0 Å². The van der Waals surface area contributed by atoms with Gasteiger partial charge >= 0.3 is 5.97 Å². The molecule has 0 radical (unpaired) electrons. The average Bonchev–Trinajstić information content (AvgIpc) is 2.97. The van der Waals surface area contributed by atoms with Gasteiger partial charge in [-0.05, 0) is 31.4 Å². The number of nitrogens with one attached hydrogen (secondary N) is 1. The standard InChI is InChI=1S/C13H13NO4S2/c1-7-5-9(13(16)17)12(20-7)14-11(15)10-4-3-8(18-10)6-19-2/h3-5H,6H2,1-2H3,(H,14,15)(H,16,17). The van der Waals surface area contributed by atoms with Gasteiger partial charge in [-0.2, -0.15) is 11.8 Å². The first-order chi connectivity index (χ1) is 9.51. The van der Waals surface area contributed by atoms with Crippen molar-refractivity contribution in [2.24, 2.45) is 0 Å². The summed E-state index contributed by atoms with van der Waals surface area (Å²) in [5.41, 5.74) is 0.0942. The van der Waals surface area contributed by atoms with E-state index < -0.39 is 11.9 Å². The molecule has 1 amide bonds. The molecule has 0 aliphatic heterocycles. The molecule has 0 saturated carbocycles. The van der Waals surface area contributed by atoms with E-state index in [0.717, 1.165) is 4.88 Å². The number of amides is 1. The van der Waals surface area contributed by atoms with Gasteiger partial charge in [-0.3, -0.25) is 4.79 Å². The van der Waals surface area contributed by atoms with Gasteiger partial charge in [0.05, 0.1) is 11.3 Å². The van der Waals surface area contributed by atoms with E-state index in [1.54, 1.807) is 30.8 Å². The number of carbonyl (C=O) groups is 2. The summed E-state index contributed by atoms with van der Waals surface area (Å²) in [6.45, 7) is 1.79. The zero-order valence-corrected chi connectivity index (χ0v) is 12.6. The van der Waals surface area contributed by atoms with E-state index in [4.69, 9.17) is 9.52 Å². The lowest BCUT2D eigenvalue weighted by molar-refractivity contribution is 0.0698. The maximum atomic E-state index is 12.0. The number of rotatable bonds is 5. The third-order valence-corrected chi connectivity index (χ3v) is 4.02. The van der Waals surface area contributed by atoms with Gasteiger partial charge in [0.25, 0.3) is 5.91 Å². The largest absolute Gasteiger partial charge is 0.478 e. The highest BCUT2D eigenvalue weighted by atomic mass is 32.2. The number of thiophene rings is 1. The molecule has 0 saturated heterocycles. The predicted molar refractivity (Wildman–Crippen MR) is 79.9 cm³/mol. The summed E-state index contributed by atoms with van der Waals surface area (Å²) in [6.07, 6.45) is 1.94. The smallest absolute Gasteiger partial charge is 0.338 e. The van der Waals surface area contributed by atoms with Crippen LogP contribution in [0.15, 0.2) is 22.6 Å². The van der Waals surface area contributed by atoms with Crippen LogP contribution in [0.1, 0.15) is 31.6 Å². The number of anilines is 1. The summed E-state index contributed by atoms with van der Waals surface area (Å²) >= 11 is 2.82. The Bertz CT molecular complexity index is 645. The van der Waals surface area contributed by atoms with Crippen molar-refractivity contribution >= 4 is 40.0 Å². The summed E-state index contributed by atoms with van der Waals surface area (Å²) in [5, 5.41) is 12.0. The van der Waals surface area contributed by atoms with E-state index in [-0.39, 0.29) is 11.3 Å². The van der Waals surface area contributed by atoms with Crippen molar-refractivity contribution in [2.75, 3.05) is 11.6 Å². The fourth-order valence-corrected chi connectivity index (χ4v) is 2.99. The Morgan fingerprint density at radius 2 is 2.20 bits per heavy atom. The normalized spacial score (nSPS) is 10.5. The molecule has 5 nitrogen and oxygen atoms in total. The van der Waals surface area contributed by atoms with Crippen LogP contribution in [-0.4, -0.2) is 23.2 Å². The van der Waals surface area contributed by atoms with Crippen LogP contribution < -0.4 is 5.32 Å². The minimum atomic E-state index is -1.06. The molecular formula is C13H13NO4S2. The second-order valence-corrected chi connectivity index (χ2v) is 6.18. The molecule has 2 heterocycles. The third kappa shape index (κ3) is 3.23. The Morgan fingerprint density at radius 3 is 2.85 bits per heavy atom. The average molecular weight is 311 g/mol. The fourth-order valence-electron chi connectivity index (χ4n) is 1.65. The van der Waals surface area contributed by atoms with Crippen LogP contribution in [0, 0.1) is 6.92 Å². The summed E-state index contributed by atoms with van der Waals surface area (Å²) in [6, 6.07) is 4.86. The topological polar surface area (TPSA) is 79.5 Å². The Hall–Kier alpha value is -1.73. The number of aryl methyl sites for hydroxylation is 1. The first kappa shape index (κ1) is 14.7. The van der Waals surface area contributed by atoms with Crippen LogP contribution in [0.3, 0.4) is 0 Å². The summed E-state index contributed by atoms with van der Waals surface area (Å²) < 4.78 is 5.39. The highest BCUT2D eigenvalue weighted by Gasteiger charge is 2.18. The number of hydrogen-bond donors (Lipinski definition) is 2. The van der Waals surface area contributed by atoms with E-state index in [1.807, 2.05) is 6.26 Å². The van der Waals surface area contributed by atoms with E-state index in [0.29, 0.717) is 16.5 Å². The first-order valence-corrected chi connectivity index (χ1v) is 7.95. The molecular weight excluding hydrogens is 298 g/mol. The van der Waals surface area contributed by atoms with Crippen molar-refractivity contribution in [3.8, 4) is 0 Å². The molecule has 0 aromatic carbocycles. The van der Waals surface area contributed by atoms with Gasteiger partial charge in [-0.1, -0.05) is 0 Å². The molecule has 0 unspecified atom stereocenters. The number of furan rings is 1. The van der Waals surface area contributed by atoms with Gasteiger partial charge in [-0.15, -0.1) is 11.3 Å². The predicted octanol–water partition coefficient (Wildman–Crippen LogP) is 3.46. The molecule has 0 aliphatic carbocycles. The van der Waals surface area contributed by atoms with Gasteiger partial charge in [0.2, 0.25) is 0 Å². The maximum Gasteiger partial charge on any atom is 0.338 e. The summed E-state index contributed by atoms with van der Waals surface area (Å²) in [7, 11) is 0. The summed E-state index contributed by atoms with van der Waals surface area (Å²) in [4.78, 5) is 23.9. The number of hydrogen-bond acceptors (Lipinski definition) is 5. The molecule has 7 heteroatoms. The molecule has 2 rings (SSSR count). The highest BCUT2D eigenvalue weighted by molar-refractivity contribution is 7.97. The second-order valence-electron chi connectivity index (χ2n) is 4.06. The number of aromatic carboxylic acids is 1. The molecule has 2 aromatic heterocycles. The number of carboxylic acid groups (broad SMARTS) is 1. The van der Waals surface area contributed by atoms with Gasteiger partial charge in [0, 0.05) is 4.88 Å². The van der Waals surface area contributed by atoms with Crippen LogP contribution in [0.5, 0.6) is 0 Å². The lowest BCUT2D eigenvalue weighted by Gasteiger charge is -2.01. The number of carbonyl (C=O) groups excluding carboxylic acids is 1. The minimum absolute atomic E-state index is 0.0942. The van der Waals surface area contributed by atoms with E-state index in [1.165, 1.54) is 17.4 Å². The molecule has 0 aliphatic rings. The van der Waals surface area contributed by atoms with E-state index >= 15 is 0 Å². The van der Waals surface area contributed by atoms with Crippen LogP contribution in [0.2, 0.25) is 0 Å². The molecule has 0 fully saturated rings. The zero-order chi connectivity index (χ0) is 14.7. The molecule has 106 valence electrons. The quantitative estimate of drug-likeness (QED) is 0.884. The van der Waals surface area contributed by atoms with Gasteiger partial charge < -0.3 is 14.8 Å². The molecule has 0 spiro atoms. The fraction of sp³-hybridized carbons (Fsp3) is 0.231. The molecule has 2 N–H and O–H groups in total. The Morgan fingerprint density at radius 1 is 1.45 bits per heavy atom. The van der Waals surface area contributed by atoms with Crippen LogP contribution in [0.25, 0.3) is 0 Å². The molecule has 2 aromatic rings. The van der Waals surface area contributed by atoms with Crippen molar-refractivity contribution in [3.05, 3.63) is 40.2 Å². The van der Waals surface area contributed by atoms with Crippen LogP contribution >= 0.6 is 23.1 Å². The molecule has 0 bridgehead atoms. The zero-order valence-electron chi connectivity index (χ0n) is 10.9. The Kier molecular flexibility index (Phi) is 4.51. The van der Waals surface area contributed by atoms with Gasteiger partial charge in [-0.25, -0.2) is 4.79 Å². The third-order valence-electron chi connectivity index (χ3n) is 2.48. The summed E-state index contributed by atoms with van der Waals surface area (Å²) in [5.74, 6) is 0.0694. The molecule has 20 heavy (non-hydrogen) atoms. The van der Waals surface area contributed by atoms with Gasteiger partial charge in [0.1, 0.15) is 10.8 Å². The Balaban J connectivity index is 2.16. The van der Waals surface area contributed by atoms with Crippen molar-refractivity contribution in [3.63, 3.8) is 0 Å². The monoisotopic (exact) mass is 311 g/mol. The van der Waals surface area contributed by atoms with Crippen LogP contribution in [-0.2, 0) is 5.75 Å². The minimum Gasteiger partial charge on any atom is -0.478 e. The van der Waals surface area contributed by atoms with Gasteiger partial charge in [0.15, 0.2) is 5.76 Å². The number of carboxylic acids is 1. The highest BCUT2D eigenvalue weighted by Crippen LogP contribution is 2.28. The SMILES string of the molecule is CSCc1ccc(C(=O)Nc2sc(C)cc2C(=O)O)o1. The lowest BCUT2D eigenvalue weighted by atomic mass is 10.3. The lowest BCUT2D eigenvalue weighted by Crippen LogP contribution is -2.12.